The Kier molecular flexibility index (Phi) is 4.54. The Labute approximate surface area is 116 Å². The molecule has 100 valence electrons. The molecule has 1 heterocycles. The van der Waals surface area contributed by atoms with Crippen molar-refractivity contribution in [2.45, 2.75) is 13.1 Å². The number of hydrogen-bond donors (Lipinski definition) is 2. The molecule has 0 aliphatic carbocycles. The lowest BCUT2D eigenvalue weighted by molar-refractivity contribution is 0.0946. The molecule has 1 aromatic heterocycles. The molecule has 1 aromatic carbocycles. The van der Waals surface area contributed by atoms with E-state index in [1.807, 2.05) is 12.1 Å². The summed E-state index contributed by atoms with van der Waals surface area (Å²) in [6, 6.07) is 7.28. The highest BCUT2D eigenvalue weighted by atomic mass is 35.5. The molecule has 0 spiro atoms. The third-order valence-corrected chi connectivity index (χ3v) is 2.73. The van der Waals surface area contributed by atoms with Gasteiger partial charge in [-0.2, -0.15) is 0 Å². The van der Waals surface area contributed by atoms with Gasteiger partial charge in [0.15, 0.2) is 5.69 Å². The van der Waals surface area contributed by atoms with Crippen LogP contribution in [-0.2, 0) is 13.1 Å². The van der Waals surface area contributed by atoms with E-state index in [9.17, 15) is 4.79 Å². The summed E-state index contributed by atoms with van der Waals surface area (Å²) in [4.78, 5) is 15.9. The molecule has 0 saturated carbocycles. The quantitative estimate of drug-likeness (QED) is 0.878. The molecule has 0 fully saturated rings. The molecular weight excluding hydrogens is 266 g/mol. The molecule has 0 bridgehead atoms. The molecule has 0 atom stereocenters. The minimum Gasteiger partial charge on any atom is -0.447 e. The lowest BCUT2D eigenvalue weighted by atomic mass is 10.2. The number of oxazole rings is 1. The third kappa shape index (κ3) is 3.81. The SMILES string of the molecule is CNCc1nc(C(=O)NCc2ccc(Cl)cc2)co1. The van der Waals surface area contributed by atoms with Crippen molar-refractivity contribution >= 4 is 17.5 Å². The van der Waals surface area contributed by atoms with Crippen molar-refractivity contribution in [2.75, 3.05) is 7.05 Å². The molecule has 0 radical (unpaired) electrons. The molecule has 2 N–H and O–H groups in total. The molecular formula is C13H14ClN3O2. The fraction of sp³-hybridized carbons (Fsp3) is 0.231. The number of carbonyl (C=O) groups is 1. The van der Waals surface area contributed by atoms with Gasteiger partial charge in [0, 0.05) is 11.6 Å². The summed E-state index contributed by atoms with van der Waals surface area (Å²) in [6.45, 7) is 0.911. The number of rotatable bonds is 5. The number of hydrogen-bond acceptors (Lipinski definition) is 4. The van der Waals surface area contributed by atoms with Gasteiger partial charge in [-0.05, 0) is 24.7 Å². The normalized spacial score (nSPS) is 10.4. The second-order valence-corrected chi connectivity index (χ2v) is 4.40. The maximum absolute atomic E-state index is 11.8. The number of nitrogens with one attached hydrogen (secondary N) is 2. The summed E-state index contributed by atoms with van der Waals surface area (Å²) < 4.78 is 5.14. The Bertz CT molecular complexity index is 551. The summed E-state index contributed by atoms with van der Waals surface area (Å²) >= 11 is 5.79. The predicted octanol–water partition coefficient (Wildman–Crippen LogP) is 1.98. The standard InChI is InChI=1S/C13H14ClN3O2/c1-15-7-12-17-11(8-19-12)13(18)16-6-9-2-4-10(14)5-3-9/h2-5,8,15H,6-7H2,1H3,(H,16,18). The lowest BCUT2D eigenvalue weighted by Crippen LogP contribution is -2.23. The number of carbonyl (C=O) groups excluding carboxylic acids is 1. The topological polar surface area (TPSA) is 67.2 Å². The Morgan fingerprint density at radius 2 is 2.05 bits per heavy atom. The first-order chi connectivity index (χ1) is 9.19. The zero-order chi connectivity index (χ0) is 13.7. The van der Waals surface area contributed by atoms with E-state index in [4.69, 9.17) is 16.0 Å². The zero-order valence-electron chi connectivity index (χ0n) is 10.4. The van der Waals surface area contributed by atoms with Crippen LogP contribution in [0.4, 0.5) is 0 Å². The van der Waals surface area contributed by atoms with Crippen LogP contribution in [0.2, 0.25) is 5.02 Å². The molecule has 2 aromatic rings. The van der Waals surface area contributed by atoms with Gasteiger partial charge in [-0.15, -0.1) is 0 Å². The van der Waals surface area contributed by atoms with Crippen LogP contribution in [0.25, 0.3) is 0 Å². The highest BCUT2D eigenvalue weighted by Gasteiger charge is 2.11. The van der Waals surface area contributed by atoms with Gasteiger partial charge in [0.05, 0.1) is 6.54 Å². The first kappa shape index (κ1) is 13.6. The molecule has 6 heteroatoms. The van der Waals surface area contributed by atoms with Crippen molar-refractivity contribution in [1.82, 2.24) is 15.6 Å². The van der Waals surface area contributed by atoms with Crippen LogP contribution in [0.3, 0.4) is 0 Å². The predicted molar refractivity (Wildman–Crippen MR) is 71.9 cm³/mol. The monoisotopic (exact) mass is 279 g/mol. The summed E-state index contributed by atoms with van der Waals surface area (Å²) in [7, 11) is 1.78. The van der Waals surface area contributed by atoms with E-state index >= 15 is 0 Å². The average Bonchev–Trinajstić information content (AvgIpc) is 2.87. The first-order valence-corrected chi connectivity index (χ1v) is 6.18. The van der Waals surface area contributed by atoms with Crippen LogP contribution in [0, 0.1) is 0 Å². The van der Waals surface area contributed by atoms with E-state index in [-0.39, 0.29) is 11.6 Å². The van der Waals surface area contributed by atoms with Crippen LogP contribution in [0.5, 0.6) is 0 Å². The van der Waals surface area contributed by atoms with Gasteiger partial charge < -0.3 is 15.1 Å². The molecule has 0 aliphatic rings. The average molecular weight is 280 g/mol. The van der Waals surface area contributed by atoms with Crippen molar-refractivity contribution in [2.24, 2.45) is 0 Å². The Balaban J connectivity index is 1.91. The van der Waals surface area contributed by atoms with Gasteiger partial charge in [-0.1, -0.05) is 23.7 Å². The van der Waals surface area contributed by atoms with Crippen LogP contribution < -0.4 is 10.6 Å². The molecule has 2 rings (SSSR count). The fourth-order valence-corrected chi connectivity index (χ4v) is 1.65. The highest BCUT2D eigenvalue weighted by Crippen LogP contribution is 2.09. The molecule has 19 heavy (non-hydrogen) atoms. The zero-order valence-corrected chi connectivity index (χ0v) is 11.2. The Morgan fingerprint density at radius 1 is 1.32 bits per heavy atom. The highest BCUT2D eigenvalue weighted by molar-refractivity contribution is 6.30. The van der Waals surface area contributed by atoms with Gasteiger partial charge in [0.2, 0.25) is 5.89 Å². The van der Waals surface area contributed by atoms with E-state index in [1.54, 1.807) is 19.2 Å². The van der Waals surface area contributed by atoms with Crippen molar-refractivity contribution < 1.29 is 9.21 Å². The molecule has 0 saturated heterocycles. The van der Waals surface area contributed by atoms with Crippen LogP contribution in [0.15, 0.2) is 34.9 Å². The van der Waals surface area contributed by atoms with Crippen molar-refractivity contribution in [3.63, 3.8) is 0 Å². The minimum absolute atomic E-state index is 0.263. The van der Waals surface area contributed by atoms with Crippen molar-refractivity contribution in [3.05, 3.63) is 52.7 Å². The Hall–Kier alpha value is -1.85. The van der Waals surface area contributed by atoms with E-state index in [2.05, 4.69) is 15.6 Å². The van der Waals surface area contributed by atoms with E-state index in [0.717, 1.165) is 5.56 Å². The van der Waals surface area contributed by atoms with Crippen LogP contribution >= 0.6 is 11.6 Å². The largest absolute Gasteiger partial charge is 0.447 e. The number of halogens is 1. The van der Waals surface area contributed by atoms with Crippen molar-refractivity contribution in [3.8, 4) is 0 Å². The summed E-state index contributed by atoms with van der Waals surface area (Å²) in [5.74, 6) is 0.222. The van der Waals surface area contributed by atoms with E-state index in [1.165, 1.54) is 6.26 Å². The number of aromatic nitrogens is 1. The smallest absolute Gasteiger partial charge is 0.273 e. The summed E-state index contributed by atoms with van der Waals surface area (Å²) in [5.41, 5.74) is 1.25. The first-order valence-electron chi connectivity index (χ1n) is 5.80. The molecule has 5 nitrogen and oxygen atoms in total. The molecule has 1 amide bonds. The molecule has 0 aliphatic heterocycles. The minimum atomic E-state index is -0.263. The summed E-state index contributed by atoms with van der Waals surface area (Å²) in [5, 5.41) is 6.33. The second kappa shape index (κ2) is 6.36. The second-order valence-electron chi connectivity index (χ2n) is 3.97. The Morgan fingerprint density at radius 3 is 2.74 bits per heavy atom. The number of nitrogens with zero attached hydrogens (tertiary/aromatic N) is 1. The van der Waals surface area contributed by atoms with Crippen LogP contribution in [-0.4, -0.2) is 17.9 Å². The number of benzene rings is 1. The van der Waals surface area contributed by atoms with E-state index in [0.29, 0.717) is 24.0 Å². The van der Waals surface area contributed by atoms with Crippen LogP contribution in [0.1, 0.15) is 21.9 Å². The van der Waals surface area contributed by atoms with Gasteiger partial charge in [0.1, 0.15) is 6.26 Å². The van der Waals surface area contributed by atoms with Gasteiger partial charge >= 0.3 is 0 Å². The summed E-state index contributed by atoms with van der Waals surface area (Å²) in [6.07, 6.45) is 1.35. The van der Waals surface area contributed by atoms with Gasteiger partial charge in [-0.25, -0.2) is 4.98 Å². The lowest BCUT2D eigenvalue weighted by Gasteiger charge is -2.03. The van der Waals surface area contributed by atoms with Gasteiger partial charge in [-0.3, -0.25) is 4.79 Å². The third-order valence-electron chi connectivity index (χ3n) is 2.48. The molecule has 0 unspecified atom stereocenters. The maximum atomic E-state index is 11.8. The van der Waals surface area contributed by atoms with Crippen molar-refractivity contribution in [1.29, 1.82) is 0 Å². The maximum Gasteiger partial charge on any atom is 0.273 e. The van der Waals surface area contributed by atoms with Gasteiger partial charge in [0.25, 0.3) is 5.91 Å². The fourth-order valence-electron chi connectivity index (χ4n) is 1.52. The van der Waals surface area contributed by atoms with E-state index < -0.39 is 0 Å². The number of amides is 1.